The van der Waals surface area contributed by atoms with Gasteiger partial charge in [-0.05, 0) is 75.0 Å². The highest BCUT2D eigenvalue weighted by molar-refractivity contribution is 6.01. The largest absolute Gasteiger partial charge is 0.444 e. The number of amides is 3. The van der Waals surface area contributed by atoms with Crippen molar-refractivity contribution in [1.82, 2.24) is 9.80 Å². The molecule has 0 radical (unpaired) electrons. The van der Waals surface area contributed by atoms with Gasteiger partial charge in [-0.2, -0.15) is 0 Å². The van der Waals surface area contributed by atoms with Crippen LogP contribution < -0.4 is 5.32 Å². The zero-order chi connectivity index (χ0) is 26.9. The molecule has 2 aliphatic heterocycles. The number of nitrogens with zero attached hydrogens (tertiary/aromatic N) is 2. The Balaban J connectivity index is 1.38. The first-order valence-electron chi connectivity index (χ1n) is 13.9. The van der Waals surface area contributed by atoms with Gasteiger partial charge < -0.3 is 19.9 Å². The number of fused-ring (bicyclic) bond motifs is 1. The molecule has 0 aromatic heterocycles. The number of ether oxygens (including phenoxy) is 1. The van der Waals surface area contributed by atoms with Crippen molar-refractivity contribution in [3.8, 4) is 0 Å². The van der Waals surface area contributed by atoms with E-state index in [-0.39, 0.29) is 36.2 Å². The fourth-order valence-corrected chi connectivity index (χ4v) is 5.77. The SMILES string of the molecule is CC(C)(C)OC(=O)N1C[C@@H](Cc2ccccc2)[C@@H](CN(CC2CC2)C(=O)C2CC(=O)Nc3ccccc32)C1. The Morgan fingerprint density at radius 2 is 1.66 bits per heavy atom. The molecule has 0 bridgehead atoms. The molecule has 0 spiro atoms. The average Bonchev–Trinajstić information content (AvgIpc) is 3.61. The molecule has 1 unspecified atom stereocenters. The Morgan fingerprint density at radius 3 is 2.37 bits per heavy atom. The van der Waals surface area contributed by atoms with Crippen molar-refractivity contribution in [2.75, 3.05) is 31.5 Å². The maximum Gasteiger partial charge on any atom is 0.410 e. The van der Waals surface area contributed by atoms with E-state index in [2.05, 4.69) is 17.4 Å². The van der Waals surface area contributed by atoms with Crippen LogP contribution in [0.15, 0.2) is 54.6 Å². The number of benzene rings is 2. The van der Waals surface area contributed by atoms with Gasteiger partial charge in [0.15, 0.2) is 0 Å². The summed E-state index contributed by atoms with van der Waals surface area (Å²) in [6.07, 6.45) is 2.97. The molecule has 1 N–H and O–H groups in total. The minimum atomic E-state index is -0.562. The third kappa shape index (κ3) is 6.37. The molecule has 1 saturated carbocycles. The molecule has 3 amide bonds. The number of anilines is 1. The molecule has 1 saturated heterocycles. The van der Waals surface area contributed by atoms with Crippen LogP contribution in [0.3, 0.4) is 0 Å². The Labute approximate surface area is 225 Å². The maximum atomic E-state index is 14.1. The van der Waals surface area contributed by atoms with Crippen LogP contribution >= 0.6 is 0 Å². The van der Waals surface area contributed by atoms with E-state index in [9.17, 15) is 14.4 Å². The van der Waals surface area contributed by atoms with Crippen molar-refractivity contribution in [3.05, 3.63) is 65.7 Å². The molecular weight excluding hydrogens is 478 g/mol. The van der Waals surface area contributed by atoms with E-state index in [1.807, 2.05) is 73.0 Å². The van der Waals surface area contributed by atoms with Gasteiger partial charge in [0.1, 0.15) is 5.60 Å². The number of carbonyl (C=O) groups excluding carboxylic acids is 3. The third-order valence-corrected chi connectivity index (χ3v) is 7.81. The second-order valence-electron chi connectivity index (χ2n) is 12.2. The van der Waals surface area contributed by atoms with E-state index in [4.69, 9.17) is 4.74 Å². The van der Waals surface area contributed by atoms with Gasteiger partial charge in [-0.3, -0.25) is 9.59 Å². The number of carbonyl (C=O) groups is 3. The predicted octanol–water partition coefficient (Wildman–Crippen LogP) is 5.08. The summed E-state index contributed by atoms with van der Waals surface area (Å²) in [7, 11) is 0. The first kappa shape index (κ1) is 26.3. The summed E-state index contributed by atoms with van der Waals surface area (Å²) in [6, 6.07) is 18.0. The summed E-state index contributed by atoms with van der Waals surface area (Å²) >= 11 is 0. The van der Waals surface area contributed by atoms with E-state index in [1.165, 1.54) is 5.56 Å². The molecule has 7 nitrogen and oxygen atoms in total. The molecule has 2 aromatic carbocycles. The Kier molecular flexibility index (Phi) is 7.46. The van der Waals surface area contributed by atoms with Crippen LogP contribution in [0.1, 0.15) is 57.1 Å². The van der Waals surface area contributed by atoms with Crippen LogP contribution in [0.25, 0.3) is 0 Å². The van der Waals surface area contributed by atoms with Crippen molar-refractivity contribution in [2.45, 2.75) is 58.0 Å². The fraction of sp³-hybridized carbons (Fsp3) is 0.516. The molecule has 5 rings (SSSR count). The van der Waals surface area contributed by atoms with E-state index < -0.39 is 11.5 Å². The van der Waals surface area contributed by atoms with Gasteiger partial charge in [0.05, 0.1) is 5.92 Å². The molecule has 1 aliphatic carbocycles. The summed E-state index contributed by atoms with van der Waals surface area (Å²) < 4.78 is 5.70. The van der Waals surface area contributed by atoms with Crippen molar-refractivity contribution >= 4 is 23.6 Å². The summed E-state index contributed by atoms with van der Waals surface area (Å²) in [4.78, 5) is 43.4. The zero-order valence-corrected chi connectivity index (χ0v) is 22.7. The number of para-hydroxylation sites is 1. The van der Waals surface area contributed by atoms with Gasteiger partial charge in [0.2, 0.25) is 11.8 Å². The van der Waals surface area contributed by atoms with Gasteiger partial charge in [-0.15, -0.1) is 0 Å². The maximum absolute atomic E-state index is 14.1. The molecule has 202 valence electrons. The lowest BCUT2D eigenvalue weighted by atomic mass is 9.87. The molecule has 38 heavy (non-hydrogen) atoms. The van der Waals surface area contributed by atoms with Crippen LogP contribution in [-0.2, 0) is 20.7 Å². The molecular formula is C31H39N3O4. The Morgan fingerprint density at radius 1 is 0.974 bits per heavy atom. The van der Waals surface area contributed by atoms with Crippen LogP contribution in [0, 0.1) is 17.8 Å². The summed E-state index contributed by atoms with van der Waals surface area (Å²) in [5.74, 6) is 0.275. The monoisotopic (exact) mass is 517 g/mol. The number of nitrogens with one attached hydrogen (secondary N) is 1. The lowest BCUT2D eigenvalue weighted by Crippen LogP contribution is -2.43. The standard InChI is InChI=1S/C31H39N3O4/c1-31(2,3)38-30(37)34-18-23(15-21-9-5-4-6-10-21)24(20-34)19-33(17-22-13-14-22)29(36)26-16-28(35)32-27-12-8-7-11-25(26)27/h4-12,22-24,26H,13-20H2,1-3H3,(H,32,35)/t23-,24+,26?/m1/s1. The number of rotatable bonds is 7. The van der Waals surface area contributed by atoms with Gasteiger partial charge in [-0.25, -0.2) is 4.79 Å². The van der Waals surface area contributed by atoms with Crippen molar-refractivity contribution in [1.29, 1.82) is 0 Å². The Hall–Kier alpha value is -3.35. The lowest BCUT2D eigenvalue weighted by Gasteiger charge is -2.33. The average molecular weight is 518 g/mol. The van der Waals surface area contributed by atoms with Gasteiger partial charge in [0.25, 0.3) is 0 Å². The summed E-state index contributed by atoms with van der Waals surface area (Å²) in [6.45, 7) is 8.10. The van der Waals surface area contributed by atoms with Gasteiger partial charge in [-0.1, -0.05) is 48.5 Å². The van der Waals surface area contributed by atoms with E-state index in [0.29, 0.717) is 32.1 Å². The normalized spacial score (nSPS) is 23.0. The highest BCUT2D eigenvalue weighted by atomic mass is 16.6. The first-order chi connectivity index (χ1) is 18.2. The Bertz CT molecular complexity index is 1170. The van der Waals surface area contributed by atoms with Crippen LogP contribution in [0.5, 0.6) is 0 Å². The molecule has 2 heterocycles. The predicted molar refractivity (Wildman–Crippen MR) is 147 cm³/mol. The van der Waals surface area contributed by atoms with Crippen LogP contribution in [0.2, 0.25) is 0 Å². The minimum absolute atomic E-state index is 0.0216. The highest BCUT2D eigenvalue weighted by Gasteiger charge is 2.41. The van der Waals surface area contributed by atoms with E-state index in [0.717, 1.165) is 30.5 Å². The second-order valence-corrected chi connectivity index (χ2v) is 12.2. The van der Waals surface area contributed by atoms with Gasteiger partial charge >= 0.3 is 6.09 Å². The van der Waals surface area contributed by atoms with E-state index in [1.54, 1.807) is 0 Å². The van der Waals surface area contributed by atoms with Crippen LogP contribution in [-0.4, -0.2) is 59.5 Å². The number of hydrogen-bond acceptors (Lipinski definition) is 4. The quantitative estimate of drug-likeness (QED) is 0.556. The summed E-state index contributed by atoms with van der Waals surface area (Å²) in [5.41, 5.74) is 2.28. The lowest BCUT2D eigenvalue weighted by molar-refractivity contribution is -0.136. The number of likely N-dealkylation sites (tertiary alicyclic amines) is 1. The van der Waals surface area contributed by atoms with Crippen LogP contribution in [0.4, 0.5) is 10.5 Å². The van der Waals surface area contributed by atoms with E-state index >= 15 is 0 Å². The topological polar surface area (TPSA) is 79.0 Å². The van der Waals surface area contributed by atoms with Gasteiger partial charge in [0, 0.05) is 38.3 Å². The van der Waals surface area contributed by atoms with Crippen molar-refractivity contribution in [2.24, 2.45) is 17.8 Å². The molecule has 3 atom stereocenters. The second kappa shape index (κ2) is 10.8. The number of hydrogen-bond donors (Lipinski definition) is 1. The van der Waals surface area contributed by atoms with Crippen molar-refractivity contribution in [3.63, 3.8) is 0 Å². The van der Waals surface area contributed by atoms with Crippen molar-refractivity contribution < 1.29 is 19.1 Å². The molecule has 3 aliphatic rings. The zero-order valence-electron chi connectivity index (χ0n) is 22.7. The molecule has 7 heteroatoms. The molecule has 2 fully saturated rings. The first-order valence-corrected chi connectivity index (χ1v) is 13.9. The third-order valence-electron chi connectivity index (χ3n) is 7.81. The highest BCUT2D eigenvalue weighted by Crippen LogP contribution is 2.37. The summed E-state index contributed by atoms with van der Waals surface area (Å²) in [5, 5.41) is 2.91. The fourth-order valence-electron chi connectivity index (χ4n) is 5.77. The smallest absolute Gasteiger partial charge is 0.410 e. The molecule has 2 aromatic rings. The minimum Gasteiger partial charge on any atom is -0.444 e.